The van der Waals surface area contributed by atoms with E-state index in [4.69, 9.17) is 9.47 Å². The molecule has 1 rings (SSSR count). The van der Waals surface area contributed by atoms with Gasteiger partial charge in [0, 0.05) is 20.6 Å². The first-order valence-corrected chi connectivity index (χ1v) is 4.90. The zero-order valence-electron chi connectivity index (χ0n) is 9.49. The molecule has 0 radical (unpaired) electrons. The number of benzene rings is 1. The number of hydrogen-bond acceptors (Lipinski definition) is 4. The van der Waals surface area contributed by atoms with Gasteiger partial charge < -0.3 is 9.47 Å². The summed E-state index contributed by atoms with van der Waals surface area (Å²) in [6.45, 7) is 1.38. The zero-order chi connectivity index (χ0) is 11.1. The fourth-order valence-corrected chi connectivity index (χ4v) is 1.17. The van der Waals surface area contributed by atoms with E-state index in [-0.39, 0.29) is 0 Å². The van der Waals surface area contributed by atoms with Gasteiger partial charge in [-0.1, -0.05) is 12.1 Å². The minimum Gasteiger partial charge on any atom is -0.493 e. The smallest absolute Gasteiger partial charge is 0.161 e. The molecule has 1 N–H and O–H groups in total. The molecule has 0 heterocycles. The van der Waals surface area contributed by atoms with Crippen LogP contribution in [-0.2, 0) is 0 Å². The molecule has 0 fully saturated rings. The number of nitrogens with one attached hydrogen (secondary N) is 1. The lowest BCUT2D eigenvalue weighted by Gasteiger charge is -2.13. The van der Waals surface area contributed by atoms with Gasteiger partial charge in [0.05, 0.1) is 7.11 Å². The van der Waals surface area contributed by atoms with Gasteiger partial charge in [0.1, 0.15) is 6.61 Å². The number of methoxy groups -OCH3 is 1. The van der Waals surface area contributed by atoms with Crippen molar-refractivity contribution in [3.8, 4) is 11.5 Å². The van der Waals surface area contributed by atoms with Gasteiger partial charge >= 0.3 is 0 Å². The van der Waals surface area contributed by atoms with E-state index in [1.165, 1.54) is 0 Å². The average Bonchev–Trinajstić information content (AvgIpc) is 2.24. The van der Waals surface area contributed by atoms with E-state index in [2.05, 4.69) is 5.43 Å². The zero-order valence-corrected chi connectivity index (χ0v) is 9.49. The normalized spacial score (nSPS) is 10.4. The third-order valence-corrected chi connectivity index (χ3v) is 1.86. The van der Waals surface area contributed by atoms with Crippen LogP contribution in [0.5, 0.6) is 11.5 Å². The first kappa shape index (κ1) is 11.8. The molecule has 4 heteroatoms. The number of ether oxygens (including phenoxy) is 2. The number of para-hydroxylation sites is 2. The minimum atomic E-state index is 0.610. The Balaban J connectivity index is 2.36. The number of hydrogen-bond donors (Lipinski definition) is 1. The second kappa shape index (κ2) is 6.27. The molecule has 0 aliphatic carbocycles. The van der Waals surface area contributed by atoms with Crippen molar-refractivity contribution in [1.82, 2.24) is 10.4 Å². The maximum absolute atomic E-state index is 5.56. The molecule has 0 aliphatic rings. The van der Waals surface area contributed by atoms with E-state index >= 15 is 0 Å². The number of hydrazine groups is 1. The van der Waals surface area contributed by atoms with Crippen molar-refractivity contribution >= 4 is 0 Å². The Hall–Kier alpha value is -1.26. The second-order valence-corrected chi connectivity index (χ2v) is 3.30. The summed E-state index contributed by atoms with van der Waals surface area (Å²) in [5, 5.41) is 1.89. The summed E-state index contributed by atoms with van der Waals surface area (Å²) in [6.07, 6.45) is 0. The van der Waals surface area contributed by atoms with Crippen molar-refractivity contribution in [3.05, 3.63) is 24.3 Å². The third-order valence-electron chi connectivity index (χ3n) is 1.86. The molecule has 15 heavy (non-hydrogen) atoms. The summed E-state index contributed by atoms with van der Waals surface area (Å²) in [5.74, 6) is 1.54. The van der Waals surface area contributed by atoms with Gasteiger partial charge in [-0.3, -0.25) is 10.4 Å². The van der Waals surface area contributed by atoms with Crippen molar-refractivity contribution in [2.24, 2.45) is 0 Å². The van der Waals surface area contributed by atoms with Crippen LogP contribution in [0.25, 0.3) is 0 Å². The SMILES string of the molecule is COc1ccccc1OCCNN(C)C. The predicted octanol–water partition coefficient (Wildman–Crippen LogP) is 1.14. The fraction of sp³-hybridized carbons (Fsp3) is 0.455. The Morgan fingerprint density at radius 1 is 1.20 bits per heavy atom. The summed E-state index contributed by atoms with van der Waals surface area (Å²) in [7, 11) is 5.53. The quantitative estimate of drug-likeness (QED) is 0.564. The van der Waals surface area contributed by atoms with E-state index in [9.17, 15) is 0 Å². The Morgan fingerprint density at radius 3 is 2.47 bits per heavy atom. The highest BCUT2D eigenvalue weighted by molar-refractivity contribution is 5.39. The first-order chi connectivity index (χ1) is 7.24. The van der Waals surface area contributed by atoms with E-state index < -0.39 is 0 Å². The lowest BCUT2D eigenvalue weighted by Crippen LogP contribution is -2.33. The molecular weight excluding hydrogens is 192 g/mol. The summed E-state index contributed by atoms with van der Waals surface area (Å²) in [4.78, 5) is 0. The van der Waals surface area contributed by atoms with Gasteiger partial charge in [-0.15, -0.1) is 0 Å². The summed E-state index contributed by atoms with van der Waals surface area (Å²) in [6, 6.07) is 7.63. The molecule has 0 amide bonds. The van der Waals surface area contributed by atoms with E-state index in [1.807, 2.05) is 43.4 Å². The van der Waals surface area contributed by atoms with Crippen molar-refractivity contribution in [1.29, 1.82) is 0 Å². The van der Waals surface area contributed by atoms with Crippen LogP contribution in [0.1, 0.15) is 0 Å². The van der Waals surface area contributed by atoms with Gasteiger partial charge in [0.15, 0.2) is 11.5 Å². The molecule has 0 saturated carbocycles. The third kappa shape index (κ3) is 4.18. The molecule has 0 atom stereocenters. The molecule has 84 valence electrons. The molecule has 4 nitrogen and oxygen atoms in total. The summed E-state index contributed by atoms with van der Waals surface area (Å²) >= 11 is 0. The molecule has 0 spiro atoms. The topological polar surface area (TPSA) is 33.7 Å². The highest BCUT2D eigenvalue weighted by Crippen LogP contribution is 2.25. The van der Waals surface area contributed by atoms with Gasteiger partial charge in [-0.05, 0) is 12.1 Å². The van der Waals surface area contributed by atoms with Crippen molar-refractivity contribution in [2.75, 3.05) is 34.4 Å². The van der Waals surface area contributed by atoms with Crippen LogP contribution >= 0.6 is 0 Å². The van der Waals surface area contributed by atoms with E-state index in [0.29, 0.717) is 6.61 Å². The molecule has 0 aromatic heterocycles. The summed E-state index contributed by atoms with van der Waals surface area (Å²) < 4.78 is 10.7. The van der Waals surface area contributed by atoms with Crippen molar-refractivity contribution in [3.63, 3.8) is 0 Å². The lowest BCUT2D eigenvalue weighted by molar-refractivity contribution is 0.232. The second-order valence-electron chi connectivity index (χ2n) is 3.30. The Morgan fingerprint density at radius 2 is 1.87 bits per heavy atom. The van der Waals surface area contributed by atoms with E-state index in [0.717, 1.165) is 18.0 Å². The van der Waals surface area contributed by atoms with Crippen LogP contribution in [-0.4, -0.2) is 39.4 Å². The predicted molar refractivity (Wildman–Crippen MR) is 60.2 cm³/mol. The van der Waals surface area contributed by atoms with Crippen LogP contribution in [0, 0.1) is 0 Å². The van der Waals surface area contributed by atoms with Crippen molar-refractivity contribution in [2.45, 2.75) is 0 Å². The van der Waals surface area contributed by atoms with Gasteiger partial charge in [0.2, 0.25) is 0 Å². The molecular formula is C11H18N2O2. The van der Waals surface area contributed by atoms with Crippen LogP contribution in [0.2, 0.25) is 0 Å². The van der Waals surface area contributed by atoms with E-state index in [1.54, 1.807) is 7.11 Å². The van der Waals surface area contributed by atoms with Gasteiger partial charge in [0.25, 0.3) is 0 Å². The lowest BCUT2D eigenvalue weighted by atomic mass is 10.3. The van der Waals surface area contributed by atoms with Crippen LogP contribution in [0.4, 0.5) is 0 Å². The number of rotatable bonds is 6. The van der Waals surface area contributed by atoms with Crippen LogP contribution < -0.4 is 14.9 Å². The standard InChI is InChI=1S/C11H18N2O2/c1-13(2)12-8-9-15-11-7-5-4-6-10(11)14-3/h4-7,12H,8-9H2,1-3H3. The average molecular weight is 210 g/mol. The Bertz CT molecular complexity index is 290. The number of nitrogens with zero attached hydrogens (tertiary/aromatic N) is 1. The summed E-state index contributed by atoms with van der Waals surface area (Å²) in [5.41, 5.74) is 3.12. The first-order valence-electron chi connectivity index (χ1n) is 4.90. The van der Waals surface area contributed by atoms with Crippen LogP contribution in [0.3, 0.4) is 0 Å². The minimum absolute atomic E-state index is 0.610. The fourth-order valence-electron chi connectivity index (χ4n) is 1.17. The van der Waals surface area contributed by atoms with Crippen molar-refractivity contribution < 1.29 is 9.47 Å². The Kier molecular flexibility index (Phi) is 4.93. The molecule has 0 bridgehead atoms. The van der Waals surface area contributed by atoms with Gasteiger partial charge in [-0.25, -0.2) is 0 Å². The molecule has 1 aromatic carbocycles. The highest BCUT2D eigenvalue weighted by atomic mass is 16.5. The largest absolute Gasteiger partial charge is 0.493 e. The Labute approximate surface area is 90.8 Å². The maximum atomic E-state index is 5.56. The van der Waals surface area contributed by atoms with Crippen LogP contribution in [0.15, 0.2) is 24.3 Å². The molecule has 0 saturated heterocycles. The molecule has 0 unspecified atom stereocenters. The molecule has 0 aliphatic heterocycles. The van der Waals surface area contributed by atoms with Gasteiger partial charge in [-0.2, -0.15) is 0 Å². The maximum Gasteiger partial charge on any atom is 0.161 e. The highest BCUT2D eigenvalue weighted by Gasteiger charge is 2.01. The monoisotopic (exact) mass is 210 g/mol. The molecule has 1 aromatic rings.